The van der Waals surface area contributed by atoms with Gasteiger partial charge in [-0.15, -0.1) is 0 Å². The van der Waals surface area contributed by atoms with Gasteiger partial charge >= 0.3 is 0 Å². The second kappa shape index (κ2) is 3.40. The van der Waals surface area contributed by atoms with Crippen LogP contribution in [0.1, 0.15) is 13.3 Å². The lowest BCUT2D eigenvalue weighted by molar-refractivity contribution is 0.551. The van der Waals surface area contributed by atoms with Crippen LogP contribution >= 0.6 is 0 Å². The molecule has 0 unspecified atom stereocenters. The molecule has 0 fully saturated rings. The van der Waals surface area contributed by atoms with Crippen LogP contribution in [-0.4, -0.2) is 0 Å². The normalized spacial score (nSPS) is 28.3. The average Bonchev–Trinajstić information content (AvgIpc) is 2.41. The highest BCUT2D eigenvalue weighted by Crippen LogP contribution is 2.37. The van der Waals surface area contributed by atoms with Crippen LogP contribution in [0.15, 0.2) is 36.5 Å². The molecule has 0 aliphatic heterocycles. The minimum absolute atomic E-state index is 0.117. The first-order valence-corrected chi connectivity index (χ1v) is 4.12. The second-order valence-electron chi connectivity index (χ2n) is 3.12. The van der Waals surface area contributed by atoms with E-state index in [4.69, 9.17) is 5.26 Å². The molecule has 1 rings (SSSR count). The van der Waals surface area contributed by atoms with Crippen molar-refractivity contribution in [1.82, 2.24) is 0 Å². The number of nitrogens with zero attached hydrogens (tertiary/aromatic N) is 1. The van der Waals surface area contributed by atoms with E-state index in [1.54, 1.807) is 0 Å². The Labute approximate surface area is 73.7 Å². The summed E-state index contributed by atoms with van der Waals surface area (Å²) >= 11 is 0. The molecule has 12 heavy (non-hydrogen) atoms. The zero-order valence-electron chi connectivity index (χ0n) is 7.38. The lowest BCUT2D eigenvalue weighted by Crippen LogP contribution is -2.03. The Morgan fingerprint density at radius 2 is 2.17 bits per heavy atom. The smallest absolute Gasteiger partial charge is 0.0665 e. The van der Waals surface area contributed by atoms with Crippen LogP contribution in [0, 0.1) is 23.2 Å². The molecule has 0 radical (unpaired) electrons. The maximum Gasteiger partial charge on any atom is 0.0665 e. The number of rotatable bonds is 2. The quantitative estimate of drug-likeness (QED) is 0.607. The van der Waals surface area contributed by atoms with Gasteiger partial charge in [0.2, 0.25) is 0 Å². The predicted octanol–water partition coefficient (Wildman–Crippen LogP) is 2.83. The van der Waals surface area contributed by atoms with Crippen molar-refractivity contribution in [2.45, 2.75) is 13.3 Å². The Morgan fingerprint density at radius 3 is 2.50 bits per heavy atom. The average molecular weight is 159 g/mol. The van der Waals surface area contributed by atoms with Gasteiger partial charge in [-0.05, 0) is 23.5 Å². The van der Waals surface area contributed by atoms with E-state index in [0.29, 0.717) is 5.92 Å². The van der Waals surface area contributed by atoms with Crippen molar-refractivity contribution in [3.8, 4) is 6.07 Å². The van der Waals surface area contributed by atoms with Gasteiger partial charge in [-0.3, -0.25) is 0 Å². The summed E-state index contributed by atoms with van der Waals surface area (Å²) in [5.74, 6) is 0.437. The van der Waals surface area contributed by atoms with Crippen LogP contribution < -0.4 is 0 Å². The molecular weight excluding hydrogens is 146 g/mol. The zero-order valence-corrected chi connectivity index (χ0v) is 7.38. The molecule has 0 saturated carbocycles. The maximum atomic E-state index is 8.82. The van der Waals surface area contributed by atoms with E-state index in [0.717, 1.165) is 6.42 Å². The van der Waals surface area contributed by atoms with Crippen LogP contribution in [0.4, 0.5) is 0 Å². The molecule has 0 heterocycles. The van der Waals surface area contributed by atoms with E-state index in [2.05, 4.69) is 26.2 Å². The summed E-state index contributed by atoms with van der Waals surface area (Å²) in [6.45, 7) is 9.54. The highest BCUT2D eigenvalue weighted by molar-refractivity contribution is 5.39. The summed E-state index contributed by atoms with van der Waals surface area (Å²) in [5, 5.41) is 8.82. The van der Waals surface area contributed by atoms with Gasteiger partial charge < -0.3 is 0 Å². The molecule has 1 nitrogen and oxygen atoms in total. The minimum Gasteiger partial charge on any atom is -0.198 e. The van der Waals surface area contributed by atoms with Crippen LogP contribution in [0.2, 0.25) is 0 Å². The standard InChI is InChI=1S/C11H13N/c1-4-9-6-10(7-12)8(3)11(9)5-2/h4-5,8,10H,1-2,6H2,3H3/t8-,10+/m1/s1. The fourth-order valence-electron chi connectivity index (χ4n) is 1.72. The first kappa shape index (κ1) is 8.80. The SMILES string of the molecule is C=CC1=C(C=C)[C@H](C)[C@H](C#N)C1. The Kier molecular flexibility index (Phi) is 2.50. The van der Waals surface area contributed by atoms with Crippen molar-refractivity contribution in [2.24, 2.45) is 11.8 Å². The van der Waals surface area contributed by atoms with Gasteiger partial charge in [-0.1, -0.05) is 32.2 Å². The van der Waals surface area contributed by atoms with E-state index in [9.17, 15) is 0 Å². The van der Waals surface area contributed by atoms with Crippen LogP contribution in [0.25, 0.3) is 0 Å². The van der Waals surface area contributed by atoms with Crippen molar-refractivity contribution < 1.29 is 0 Å². The van der Waals surface area contributed by atoms with Gasteiger partial charge in [-0.2, -0.15) is 5.26 Å². The molecule has 0 aromatic rings. The Bertz CT molecular complexity index is 278. The molecule has 62 valence electrons. The molecule has 0 amide bonds. The number of hydrogen-bond donors (Lipinski definition) is 0. The molecular formula is C11H13N. The zero-order chi connectivity index (χ0) is 9.14. The monoisotopic (exact) mass is 159 g/mol. The summed E-state index contributed by atoms with van der Waals surface area (Å²) in [6.07, 6.45) is 4.52. The summed E-state index contributed by atoms with van der Waals surface area (Å²) < 4.78 is 0. The van der Waals surface area contributed by atoms with Gasteiger partial charge in [0.25, 0.3) is 0 Å². The van der Waals surface area contributed by atoms with Crippen molar-refractivity contribution in [2.75, 3.05) is 0 Å². The van der Waals surface area contributed by atoms with E-state index < -0.39 is 0 Å². The fourth-order valence-corrected chi connectivity index (χ4v) is 1.72. The topological polar surface area (TPSA) is 23.8 Å². The van der Waals surface area contributed by atoms with Crippen molar-refractivity contribution in [1.29, 1.82) is 5.26 Å². The van der Waals surface area contributed by atoms with Crippen molar-refractivity contribution in [3.63, 3.8) is 0 Å². The molecule has 0 spiro atoms. The van der Waals surface area contributed by atoms with E-state index >= 15 is 0 Å². The third-order valence-electron chi connectivity index (χ3n) is 2.54. The highest BCUT2D eigenvalue weighted by atomic mass is 14.4. The molecule has 0 aromatic heterocycles. The summed E-state index contributed by atoms with van der Waals surface area (Å²) in [6, 6.07) is 2.31. The largest absolute Gasteiger partial charge is 0.198 e. The fraction of sp³-hybridized carbons (Fsp3) is 0.364. The summed E-state index contributed by atoms with van der Waals surface area (Å²) in [7, 11) is 0. The lowest BCUT2D eigenvalue weighted by atomic mass is 9.94. The molecule has 1 heteroatoms. The van der Waals surface area contributed by atoms with E-state index in [1.807, 2.05) is 12.2 Å². The van der Waals surface area contributed by atoms with Crippen LogP contribution in [0.3, 0.4) is 0 Å². The molecule has 0 saturated heterocycles. The minimum atomic E-state index is 0.117. The third-order valence-corrected chi connectivity index (χ3v) is 2.54. The van der Waals surface area contributed by atoms with Crippen molar-refractivity contribution in [3.05, 3.63) is 36.5 Å². The van der Waals surface area contributed by atoms with Gasteiger partial charge in [-0.25, -0.2) is 0 Å². The third kappa shape index (κ3) is 1.21. The molecule has 0 N–H and O–H groups in total. The van der Waals surface area contributed by atoms with Gasteiger partial charge in [0.05, 0.1) is 12.0 Å². The molecule has 1 aliphatic rings. The van der Waals surface area contributed by atoms with Crippen LogP contribution in [0.5, 0.6) is 0 Å². The predicted molar refractivity (Wildman–Crippen MR) is 50.3 cm³/mol. The Morgan fingerprint density at radius 1 is 1.50 bits per heavy atom. The molecule has 0 aromatic carbocycles. The highest BCUT2D eigenvalue weighted by Gasteiger charge is 2.28. The maximum absolute atomic E-state index is 8.82. The number of allylic oxidation sites excluding steroid dienone is 4. The summed E-state index contributed by atoms with van der Waals surface area (Å²) in [4.78, 5) is 0. The van der Waals surface area contributed by atoms with E-state index in [-0.39, 0.29) is 5.92 Å². The summed E-state index contributed by atoms with van der Waals surface area (Å²) in [5.41, 5.74) is 2.38. The Hall–Kier alpha value is -1.29. The number of hydrogen-bond acceptors (Lipinski definition) is 1. The van der Waals surface area contributed by atoms with Crippen LogP contribution in [-0.2, 0) is 0 Å². The van der Waals surface area contributed by atoms with Crippen molar-refractivity contribution >= 4 is 0 Å². The second-order valence-corrected chi connectivity index (χ2v) is 3.12. The first-order valence-electron chi connectivity index (χ1n) is 4.12. The van der Waals surface area contributed by atoms with E-state index in [1.165, 1.54) is 11.1 Å². The van der Waals surface area contributed by atoms with Gasteiger partial charge in [0.15, 0.2) is 0 Å². The number of nitriles is 1. The molecule has 0 bridgehead atoms. The molecule has 1 aliphatic carbocycles. The lowest BCUT2D eigenvalue weighted by Gasteiger charge is -2.07. The first-order chi connectivity index (χ1) is 5.74. The van der Waals surface area contributed by atoms with Gasteiger partial charge in [0.1, 0.15) is 0 Å². The molecule has 2 atom stereocenters. The van der Waals surface area contributed by atoms with Gasteiger partial charge in [0, 0.05) is 0 Å². The Balaban J connectivity index is 2.98.